The van der Waals surface area contributed by atoms with E-state index in [0.717, 1.165) is 0 Å². The molecule has 2 heteroatoms. The van der Waals surface area contributed by atoms with Crippen molar-refractivity contribution in [2.24, 2.45) is 0 Å². The van der Waals surface area contributed by atoms with E-state index in [-0.39, 0.29) is 0 Å². The van der Waals surface area contributed by atoms with Crippen molar-refractivity contribution in [3.63, 3.8) is 0 Å². The van der Waals surface area contributed by atoms with Gasteiger partial charge in [0.1, 0.15) is 0 Å². The predicted molar refractivity (Wildman–Crippen MR) is 73.5 cm³/mol. The molecule has 2 aromatic rings. The van der Waals surface area contributed by atoms with Crippen LogP contribution in [0.25, 0.3) is 10.8 Å². The van der Waals surface area contributed by atoms with Crippen LogP contribution < -0.4 is 0 Å². The van der Waals surface area contributed by atoms with Crippen LogP contribution in [0.3, 0.4) is 0 Å². The Morgan fingerprint density at radius 1 is 1.00 bits per heavy atom. The lowest BCUT2D eigenvalue weighted by Gasteiger charge is -2.19. The molecule has 0 radical (unpaired) electrons. The highest BCUT2D eigenvalue weighted by atomic mass is 29.1. The van der Waals surface area contributed by atoms with E-state index in [1.807, 2.05) is 0 Å². The van der Waals surface area contributed by atoms with Crippen molar-refractivity contribution < 1.29 is 0 Å². The van der Waals surface area contributed by atoms with E-state index in [9.17, 15) is 0 Å². The van der Waals surface area contributed by atoms with Gasteiger partial charge in [-0.25, -0.2) is 0 Å². The van der Waals surface area contributed by atoms with Crippen LogP contribution >= 0.6 is 0 Å². The van der Waals surface area contributed by atoms with Crippen LogP contribution in [0.15, 0.2) is 36.4 Å². The predicted octanol–water partition coefficient (Wildman–Crippen LogP) is 1.02. The highest BCUT2D eigenvalue weighted by Gasteiger charge is 2.14. The Bertz CT molecular complexity index is 550. The summed E-state index contributed by atoms with van der Waals surface area (Å²) >= 11 is 0. The zero-order valence-corrected chi connectivity index (χ0v) is 12.1. The van der Waals surface area contributed by atoms with Gasteiger partial charge in [-0.05, 0) is 43.4 Å². The second-order valence-electron chi connectivity index (χ2n) is 4.13. The molecule has 0 aliphatic heterocycles. The fourth-order valence-electron chi connectivity index (χ4n) is 2.60. The highest BCUT2D eigenvalue weighted by molar-refractivity contribution is 6.96. The first kappa shape index (κ1) is 9.25. The third-order valence-corrected chi connectivity index (χ3v) is 6.74. The summed E-state index contributed by atoms with van der Waals surface area (Å²) in [5, 5.41) is 4.74. The zero-order chi connectivity index (χ0) is 10.3. The van der Waals surface area contributed by atoms with E-state index in [4.69, 9.17) is 0 Å². The normalized spacial score (nSPS) is 17.5. The molecule has 0 spiro atoms. The van der Waals surface area contributed by atoms with E-state index in [2.05, 4.69) is 36.4 Å². The molecule has 2 aromatic carbocycles. The van der Waals surface area contributed by atoms with Gasteiger partial charge in [0, 0.05) is 9.76 Å². The molecule has 0 heterocycles. The first-order valence-corrected chi connectivity index (χ1v) is 10.8. The fourth-order valence-corrected chi connectivity index (χ4v) is 5.38. The first-order chi connectivity index (χ1) is 7.40. The average Bonchev–Trinajstić information content (AvgIpc) is 2.30. The lowest BCUT2D eigenvalue weighted by Crippen LogP contribution is -2.14. The summed E-state index contributed by atoms with van der Waals surface area (Å²) in [6.07, 6.45) is 2.58. The summed E-state index contributed by atoms with van der Waals surface area (Å²) in [6.45, 7) is 0. The van der Waals surface area contributed by atoms with E-state index >= 15 is 0 Å². The van der Waals surface area contributed by atoms with Gasteiger partial charge in [0.2, 0.25) is 0 Å². The molecule has 0 fully saturated rings. The quantitative estimate of drug-likeness (QED) is 0.589. The minimum absolute atomic E-state index is 0.616. The molecule has 0 saturated heterocycles. The zero-order valence-electron chi connectivity index (χ0n) is 8.96. The SMILES string of the molecule is [SiH3][SiH]=C1CCc2cccc3cccc1c23. The monoisotopic (exact) mass is 226 g/mol. The minimum Gasteiger partial charge on any atom is -0.0672 e. The number of hydrogen-bond acceptors (Lipinski definition) is 0. The Labute approximate surface area is 95.0 Å². The van der Waals surface area contributed by atoms with Crippen LogP contribution in [0.5, 0.6) is 0 Å². The van der Waals surface area contributed by atoms with Crippen molar-refractivity contribution >= 4 is 34.4 Å². The lowest BCUT2D eigenvalue weighted by molar-refractivity contribution is 1.05. The van der Waals surface area contributed by atoms with Gasteiger partial charge in [0.15, 0.2) is 0 Å². The summed E-state index contributed by atoms with van der Waals surface area (Å²) in [6, 6.07) is 13.5. The molecule has 0 N–H and O–H groups in total. The van der Waals surface area contributed by atoms with E-state index < -0.39 is 0 Å². The molecule has 0 amide bonds. The molecule has 0 bridgehead atoms. The number of aryl methyl sites for hydroxylation is 1. The van der Waals surface area contributed by atoms with Gasteiger partial charge in [-0.2, -0.15) is 0 Å². The Balaban J connectivity index is 2.46. The summed E-state index contributed by atoms with van der Waals surface area (Å²) in [4.78, 5) is 0. The Morgan fingerprint density at radius 3 is 2.60 bits per heavy atom. The molecular formula is C13H14Si2. The minimum atomic E-state index is 0.616. The van der Waals surface area contributed by atoms with E-state index in [0.29, 0.717) is 8.65 Å². The standard InChI is InChI=1S/C13H14Si2/c14-15-12-8-7-10-4-1-3-9-5-2-6-11(12)13(9)10/h1-6,15H,7-8H2,14H3. The second-order valence-corrected chi connectivity index (χ2v) is 7.14. The molecule has 0 unspecified atom stereocenters. The van der Waals surface area contributed by atoms with Crippen LogP contribution in [0, 0.1) is 0 Å². The van der Waals surface area contributed by atoms with Crippen molar-refractivity contribution in [1.29, 1.82) is 0 Å². The molecule has 0 aromatic heterocycles. The lowest BCUT2D eigenvalue weighted by atomic mass is 9.88. The largest absolute Gasteiger partial charge is 0.0672 e. The summed E-state index contributed by atoms with van der Waals surface area (Å²) in [7, 11) is 1.98. The van der Waals surface area contributed by atoms with Gasteiger partial charge >= 0.3 is 0 Å². The van der Waals surface area contributed by atoms with Gasteiger partial charge in [0.25, 0.3) is 0 Å². The maximum atomic E-state index is 2.32. The molecule has 0 nitrogen and oxygen atoms in total. The number of benzene rings is 2. The van der Waals surface area contributed by atoms with Crippen molar-refractivity contribution in [2.45, 2.75) is 12.8 Å². The van der Waals surface area contributed by atoms with Crippen LogP contribution in [0.2, 0.25) is 0 Å². The van der Waals surface area contributed by atoms with Crippen LogP contribution in [-0.4, -0.2) is 23.6 Å². The van der Waals surface area contributed by atoms with Gasteiger partial charge in [0.05, 0.1) is 0 Å². The number of rotatable bonds is 0. The van der Waals surface area contributed by atoms with Gasteiger partial charge < -0.3 is 0 Å². The van der Waals surface area contributed by atoms with Gasteiger partial charge in [-0.3, -0.25) is 0 Å². The van der Waals surface area contributed by atoms with Crippen LogP contribution in [0.1, 0.15) is 17.5 Å². The second kappa shape index (κ2) is 3.54. The van der Waals surface area contributed by atoms with Gasteiger partial charge in [-0.1, -0.05) is 41.6 Å². The molecule has 1 aliphatic carbocycles. The Kier molecular flexibility index (Phi) is 2.18. The summed E-state index contributed by atoms with van der Waals surface area (Å²) in [5.74, 6) is 0. The average molecular weight is 226 g/mol. The van der Waals surface area contributed by atoms with Crippen molar-refractivity contribution in [3.05, 3.63) is 47.5 Å². The molecule has 0 saturated carbocycles. The molecule has 3 rings (SSSR count). The Hall–Kier alpha value is -0.996. The van der Waals surface area contributed by atoms with Crippen molar-refractivity contribution in [1.82, 2.24) is 0 Å². The molecule has 15 heavy (non-hydrogen) atoms. The molecular weight excluding hydrogens is 212 g/mol. The van der Waals surface area contributed by atoms with Crippen LogP contribution in [-0.2, 0) is 6.42 Å². The maximum absolute atomic E-state index is 2.32. The summed E-state index contributed by atoms with van der Waals surface area (Å²) < 4.78 is 0. The van der Waals surface area contributed by atoms with Gasteiger partial charge in [-0.15, -0.1) is 0 Å². The summed E-state index contributed by atoms with van der Waals surface area (Å²) in [5.41, 5.74) is 3.13. The van der Waals surface area contributed by atoms with Crippen LogP contribution in [0.4, 0.5) is 0 Å². The van der Waals surface area contributed by atoms with E-state index in [1.165, 1.54) is 28.0 Å². The van der Waals surface area contributed by atoms with Crippen molar-refractivity contribution in [3.8, 4) is 0 Å². The molecule has 74 valence electrons. The van der Waals surface area contributed by atoms with Crippen molar-refractivity contribution in [2.75, 3.05) is 0 Å². The van der Waals surface area contributed by atoms with E-state index in [1.54, 1.807) is 21.7 Å². The smallest absolute Gasteiger partial charge is 0.0127 e. The fraction of sp³-hybridized carbons (Fsp3) is 0.154. The first-order valence-electron chi connectivity index (χ1n) is 5.56. The third kappa shape index (κ3) is 1.36. The maximum Gasteiger partial charge on any atom is 0.0127 e. The molecule has 0 atom stereocenters. The number of hydrogen-bond donors (Lipinski definition) is 0. The molecule has 1 aliphatic rings. The Morgan fingerprint density at radius 2 is 1.80 bits per heavy atom. The topological polar surface area (TPSA) is 0 Å². The highest BCUT2D eigenvalue weighted by Crippen LogP contribution is 2.29. The third-order valence-electron chi connectivity index (χ3n) is 3.35.